The van der Waals surface area contributed by atoms with Crippen molar-refractivity contribution in [2.24, 2.45) is 0 Å². The van der Waals surface area contributed by atoms with E-state index in [1.54, 1.807) is 0 Å². The second-order valence-corrected chi connectivity index (χ2v) is 5.51. The summed E-state index contributed by atoms with van der Waals surface area (Å²) in [5.74, 6) is 0. The van der Waals surface area contributed by atoms with Crippen LogP contribution in [-0.2, 0) is 0 Å². The van der Waals surface area contributed by atoms with Gasteiger partial charge in [0.1, 0.15) is 0 Å². The van der Waals surface area contributed by atoms with Gasteiger partial charge in [0.2, 0.25) is 0 Å². The van der Waals surface area contributed by atoms with Gasteiger partial charge in [-0.2, -0.15) is 0 Å². The van der Waals surface area contributed by atoms with Crippen molar-refractivity contribution in [2.45, 2.75) is 70.8 Å². The van der Waals surface area contributed by atoms with Crippen LogP contribution < -0.4 is 5.32 Å². The van der Waals surface area contributed by atoms with Crippen LogP contribution in [0, 0.1) is 0 Å². The summed E-state index contributed by atoms with van der Waals surface area (Å²) in [7, 11) is 6.38. The average Bonchev–Trinajstić information content (AvgIpc) is 2.30. The smallest absolute Gasteiger partial charge is 0.0191 e. The fraction of sp³-hybridized carbons (Fsp3) is 1.00. The number of hydrogen-bond acceptors (Lipinski definition) is 2. The molecule has 0 amide bonds. The lowest BCUT2D eigenvalue weighted by molar-refractivity contribution is 0.331. The Morgan fingerprint density at radius 2 is 1.41 bits per heavy atom. The molecule has 17 heavy (non-hydrogen) atoms. The van der Waals surface area contributed by atoms with Crippen LogP contribution in [0.25, 0.3) is 0 Å². The molecule has 0 saturated carbocycles. The maximum atomic E-state index is 3.41. The molecule has 0 aromatic rings. The molecule has 0 spiro atoms. The van der Waals surface area contributed by atoms with Crippen molar-refractivity contribution < 1.29 is 0 Å². The lowest BCUT2D eigenvalue weighted by Gasteiger charge is -2.20. The summed E-state index contributed by atoms with van der Waals surface area (Å²) in [6.45, 7) is 3.44. The highest BCUT2D eigenvalue weighted by atomic mass is 15.1. The summed E-state index contributed by atoms with van der Waals surface area (Å²) in [5.41, 5.74) is 0. The zero-order valence-corrected chi connectivity index (χ0v) is 12.6. The molecule has 2 nitrogen and oxygen atoms in total. The van der Waals surface area contributed by atoms with Crippen LogP contribution in [0.5, 0.6) is 0 Å². The summed E-state index contributed by atoms with van der Waals surface area (Å²) >= 11 is 0. The minimum absolute atomic E-state index is 0.671. The number of likely N-dealkylation sites (N-methyl/N-ethyl adjacent to an activating group) is 2. The van der Waals surface area contributed by atoms with Crippen molar-refractivity contribution in [2.75, 3.05) is 27.7 Å². The van der Waals surface area contributed by atoms with Gasteiger partial charge in [0, 0.05) is 12.6 Å². The van der Waals surface area contributed by atoms with E-state index in [1.807, 2.05) is 0 Å². The van der Waals surface area contributed by atoms with Crippen molar-refractivity contribution in [1.82, 2.24) is 10.2 Å². The quantitative estimate of drug-likeness (QED) is 0.525. The molecule has 0 aromatic carbocycles. The summed E-state index contributed by atoms with van der Waals surface area (Å²) in [6, 6.07) is 0.671. The van der Waals surface area contributed by atoms with Gasteiger partial charge in [-0.15, -0.1) is 0 Å². The van der Waals surface area contributed by atoms with Crippen LogP contribution in [0.15, 0.2) is 0 Å². The van der Waals surface area contributed by atoms with Gasteiger partial charge in [-0.25, -0.2) is 0 Å². The van der Waals surface area contributed by atoms with Crippen molar-refractivity contribution in [3.05, 3.63) is 0 Å². The Kier molecular flexibility index (Phi) is 12.3. The molecule has 0 saturated heterocycles. The minimum Gasteiger partial charge on any atom is -0.316 e. The first-order valence-corrected chi connectivity index (χ1v) is 7.52. The van der Waals surface area contributed by atoms with E-state index in [-0.39, 0.29) is 0 Å². The highest BCUT2D eigenvalue weighted by Gasteiger charge is 2.06. The first kappa shape index (κ1) is 16.9. The standard InChI is InChI=1S/C15H34N2/c1-5-6-7-8-9-10-11-12-13-15(16-2)14-17(3)4/h15-16H,5-14H2,1-4H3. The molecule has 0 radical (unpaired) electrons. The highest BCUT2D eigenvalue weighted by Crippen LogP contribution is 2.10. The topological polar surface area (TPSA) is 15.3 Å². The van der Waals surface area contributed by atoms with E-state index in [1.165, 1.54) is 57.8 Å². The molecule has 104 valence electrons. The molecule has 2 heteroatoms. The molecular formula is C15H34N2. The summed E-state index contributed by atoms with van der Waals surface area (Å²) in [6.07, 6.45) is 12.7. The SMILES string of the molecule is CCCCCCCCCCC(CN(C)C)NC. The van der Waals surface area contributed by atoms with E-state index in [0.717, 1.165) is 6.54 Å². The minimum atomic E-state index is 0.671. The van der Waals surface area contributed by atoms with Gasteiger partial charge in [0.25, 0.3) is 0 Å². The summed E-state index contributed by atoms with van der Waals surface area (Å²) < 4.78 is 0. The summed E-state index contributed by atoms with van der Waals surface area (Å²) in [4.78, 5) is 2.27. The maximum Gasteiger partial charge on any atom is 0.0191 e. The van der Waals surface area contributed by atoms with E-state index in [2.05, 4.69) is 38.3 Å². The van der Waals surface area contributed by atoms with Gasteiger partial charge in [-0.1, -0.05) is 58.3 Å². The largest absolute Gasteiger partial charge is 0.316 e. The Balaban J connectivity index is 3.25. The molecule has 1 N–H and O–H groups in total. The zero-order valence-electron chi connectivity index (χ0n) is 12.6. The number of nitrogens with zero attached hydrogens (tertiary/aromatic N) is 1. The van der Waals surface area contributed by atoms with Crippen molar-refractivity contribution in [1.29, 1.82) is 0 Å². The predicted molar refractivity (Wildman–Crippen MR) is 78.6 cm³/mol. The Hall–Kier alpha value is -0.0800. The van der Waals surface area contributed by atoms with Crippen LogP contribution in [0.4, 0.5) is 0 Å². The normalized spacial score (nSPS) is 13.2. The molecule has 1 unspecified atom stereocenters. The van der Waals surface area contributed by atoms with Crippen LogP contribution in [0.3, 0.4) is 0 Å². The van der Waals surface area contributed by atoms with Crippen LogP contribution in [0.2, 0.25) is 0 Å². The summed E-state index contributed by atoms with van der Waals surface area (Å²) in [5, 5.41) is 3.41. The van der Waals surface area contributed by atoms with Crippen molar-refractivity contribution >= 4 is 0 Å². The molecule has 0 aliphatic heterocycles. The van der Waals surface area contributed by atoms with E-state index < -0.39 is 0 Å². The van der Waals surface area contributed by atoms with E-state index in [4.69, 9.17) is 0 Å². The number of hydrogen-bond donors (Lipinski definition) is 1. The lowest BCUT2D eigenvalue weighted by atomic mass is 10.0. The van der Waals surface area contributed by atoms with Gasteiger partial charge in [0.05, 0.1) is 0 Å². The third-order valence-electron chi connectivity index (χ3n) is 3.40. The molecule has 0 aliphatic rings. The van der Waals surface area contributed by atoms with Crippen molar-refractivity contribution in [3.8, 4) is 0 Å². The Morgan fingerprint density at radius 3 is 1.88 bits per heavy atom. The third-order valence-corrected chi connectivity index (χ3v) is 3.40. The molecule has 0 fully saturated rings. The van der Waals surface area contributed by atoms with Crippen LogP contribution >= 0.6 is 0 Å². The molecule has 1 atom stereocenters. The Bertz CT molecular complexity index is 146. The van der Waals surface area contributed by atoms with Crippen LogP contribution in [-0.4, -0.2) is 38.6 Å². The first-order chi connectivity index (χ1) is 8.20. The predicted octanol–water partition coefficient (Wildman–Crippen LogP) is 3.67. The highest BCUT2D eigenvalue weighted by molar-refractivity contribution is 4.67. The molecule has 0 bridgehead atoms. The van der Waals surface area contributed by atoms with E-state index in [9.17, 15) is 0 Å². The Labute approximate surface area is 109 Å². The van der Waals surface area contributed by atoms with E-state index >= 15 is 0 Å². The second kappa shape index (κ2) is 12.4. The van der Waals surface area contributed by atoms with Gasteiger partial charge < -0.3 is 10.2 Å². The van der Waals surface area contributed by atoms with Gasteiger partial charge >= 0.3 is 0 Å². The average molecular weight is 242 g/mol. The maximum absolute atomic E-state index is 3.41. The number of nitrogens with one attached hydrogen (secondary N) is 1. The fourth-order valence-corrected chi connectivity index (χ4v) is 2.29. The van der Waals surface area contributed by atoms with Gasteiger partial charge in [0.15, 0.2) is 0 Å². The van der Waals surface area contributed by atoms with Gasteiger partial charge in [-0.3, -0.25) is 0 Å². The number of unbranched alkanes of at least 4 members (excludes halogenated alkanes) is 7. The fourth-order valence-electron chi connectivity index (χ4n) is 2.29. The molecule has 0 rings (SSSR count). The third kappa shape index (κ3) is 12.2. The number of rotatable bonds is 12. The van der Waals surface area contributed by atoms with Crippen molar-refractivity contribution in [3.63, 3.8) is 0 Å². The van der Waals surface area contributed by atoms with E-state index in [0.29, 0.717) is 6.04 Å². The second-order valence-electron chi connectivity index (χ2n) is 5.51. The molecule has 0 aliphatic carbocycles. The lowest BCUT2D eigenvalue weighted by Crippen LogP contribution is -2.35. The van der Waals surface area contributed by atoms with Gasteiger partial charge in [-0.05, 0) is 27.6 Å². The molecular weight excluding hydrogens is 208 g/mol. The molecule has 0 aromatic heterocycles. The molecule has 0 heterocycles. The zero-order chi connectivity index (χ0) is 12.9. The monoisotopic (exact) mass is 242 g/mol. The Morgan fingerprint density at radius 1 is 0.882 bits per heavy atom. The first-order valence-electron chi connectivity index (χ1n) is 7.52. The van der Waals surface area contributed by atoms with Crippen LogP contribution in [0.1, 0.15) is 64.7 Å².